The number of methoxy groups -OCH3 is 1. The Morgan fingerprint density at radius 3 is 2.38 bits per heavy atom. The third-order valence-electron chi connectivity index (χ3n) is 5.52. The lowest BCUT2D eigenvalue weighted by atomic mass is 10.0. The van der Waals surface area contributed by atoms with Gasteiger partial charge in [0.2, 0.25) is 0 Å². The van der Waals surface area contributed by atoms with E-state index in [1.807, 2.05) is 18.5 Å². The highest BCUT2D eigenvalue weighted by atomic mass is 127. The van der Waals surface area contributed by atoms with E-state index in [0.717, 1.165) is 30.7 Å². The van der Waals surface area contributed by atoms with Gasteiger partial charge in [0, 0.05) is 33.3 Å². The minimum absolute atomic E-state index is 0. The lowest BCUT2D eigenvalue weighted by Crippen LogP contribution is -2.50. The average Bonchev–Trinajstić information content (AvgIpc) is 2.87. The summed E-state index contributed by atoms with van der Waals surface area (Å²) in [7, 11) is 3.68. The van der Waals surface area contributed by atoms with Crippen molar-refractivity contribution in [1.29, 1.82) is 0 Å². The summed E-state index contributed by atoms with van der Waals surface area (Å²) in [4.78, 5) is 7.39. The zero-order chi connectivity index (χ0) is 20.4. The number of guanidine groups is 1. The second-order valence-electron chi connectivity index (χ2n) is 7.95. The number of rotatable bonds is 9. The molecule has 2 rings (SSSR count). The van der Waals surface area contributed by atoms with Gasteiger partial charge in [-0.25, -0.2) is 4.99 Å². The SMILES string of the molecule is COCCNC(=NCc1nnc(C)n1C)NCC(C(C)C)N1CCCCCC1.I. The maximum atomic E-state index is 5.17. The Morgan fingerprint density at radius 2 is 1.83 bits per heavy atom. The number of aliphatic imine (C=N–C) groups is 1. The summed E-state index contributed by atoms with van der Waals surface area (Å²) < 4.78 is 7.15. The Labute approximate surface area is 193 Å². The average molecular weight is 521 g/mol. The van der Waals surface area contributed by atoms with Gasteiger partial charge in [0.25, 0.3) is 0 Å². The number of hydrogen-bond donors (Lipinski definition) is 2. The van der Waals surface area contributed by atoms with E-state index in [1.165, 1.54) is 38.8 Å². The molecular formula is C20H40IN7O. The summed E-state index contributed by atoms with van der Waals surface area (Å²) in [5.41, 5.74) is 0. The van der Waals surface area contributed by atoms with Crippen molar-refractivity contribution in [1.82, 2.24) is 30.3 Å². The molecule has 1 unspecified atom stereocenters. The number of halogens is 1. The van der Waals surface area contributed by atoms with Gasteiger partial charge in [-0.1, -0.05) is 26.7 Å². The molecule has 1 aromatic heterocycles. The third kappa shape index (κ3) is 8.75. The van der Waals surface area contributed by atoms with E-state index in [1.54, 1.807) is 7.11 Å². The molecule has 1 atom stereocenters. The molecule has 2 N–H and O–H groups in total. The molecule has 1 fully saturated rings. The summed E-state index contributed by atoms with van der Waals surface area (Å²) in [6.07, 6.45) is 5.33. The number of nitrogens with one attached hydrogen (secondary N) is 2. The van der Waals surface area contributed by atoms with Gasteiger partial charge < -0.3 is 19.9 Å². The van der Waals surface area contributed by atoms with Gasteiger partial charge in [-0.2, -0.15) is 0 Å². The molecule has 1 aliphatic rings. The van der Waals surface area contributed by atoms with E-state index in [4.69, 9.17) is 9.73 Å². The summed E-state index contributed by atoms with van der Waals surface area (Å²) in [6.45, 7) is 11.7. The van der Waals surface area contributed by atoms with Crippen LogP contribution < -0.4 is 10.6 Å². The van der Waals surface area contributed by atoms with Crippen molar-refractivity contribution >= 4 is 29.9 Å². The minimum atomic E-state index is 0. The van der Waals surface area contributed by atoms with E-state index in [9.17, 15) is 0 Å². The summed E-state index contributed by atoms with van der Waals surface area (Å²) in [5.74, 6) is 3.15. The van der Waals surface area contributed by atoms with Gasteiger partial charge in [0.05, 0.1) is 6.61 Å². The molecule has 1 saturated heterocycles. The standard InChI is InChI=1S/C20H39N7O.HI/c1-16(2)18(27-11-8-6-7-9-12-27)14-22-20(21-10-13-28-5)23-15-19-25-24-17(3)26(19)4;/h16,18H,6-15H2,1-5H3,(H2,21,22,23);1H. The molecule has 168 valence electrons. The molecule has 2 heterocycles. The molecule has 0 bridgehead atoms. The number of ether oxygens (including phenoxy) is 1. The van der Waals surface area contributed by atoms with Crippen LogP contribution in [0.4, 0.5) is 0 Å². The van der Waals surface area contributed by atoms with Crippen molar-refractivity contribution in [3.8, 4) is 0 Å². The predicted molar refractivity (Wildman–Crippen MR) is 129 cm³/mol. The Morgan fingerprint density at radius 1 is 1.14 bits per heavy atom. The first-order valence-electron chi connectivity index (χ1n) is 10.6. The normalized spacial score (nSPS) is 17.0. The van der Waals surface area contributed by atoms with Crippen LogP contribution in [0.5, 0.6) is 0 Å². The number of aromatic nitrogens is 3. The largest absolute Gasteiger partial charge is 0.383 e. The molecule has 9 heteroatoms. The molecule has 8 nitrogen and oxygen atoms in total. The number of nitrogens with zero attached hydrogens (tertiary/aromatic N) is 5. The Bertz CT molecular complexity index is 598. The van der Waals surface area contributed by atoms with Crippen molar-refractivity contribution in [2.24, 2.45) is 18.0 Å². The van der Waals surface area contributed by atoms with Crippen LogP contribution in [0.25, 0.3) is 0 Å². The highest BCUT2D eigenvalue weighted by Gasteiger charge is 2.23. The zero-order valence-electron chi connectivity index (χ0n) is 18.8. The van der Waals surface area contributed by atoms with Crippen molar-refractivity contribution < 1.29 is 4.74 Å². The van der Waals surface area contributed by atoms with Gasteiger partial charge in [-0.05, 0) is 38.8 Å². The van der Waals surface area contributed by atoms with Crippen molar-refractivity contribution in [3.05, 3.63) is 11.6 Å². The Kier molecular flexibility index (Phi) is 12.7. The molecule has 0 aromatic carbocycles. The highest BCUT2D eigenvalue weighted by Crippen LogP contribution is 2.17. The van der Waals surface area contributed by atoms with E-state index in [2.05, 4.69) is 39.6 Å². The second-order valence-corrected chi connectivity index (χ2v) is 7.95. The maximum Gasteiger partial charge on any atom is 0.191 e. The van der Waals surface area contributed by atoms with Crippen LogP contribution in [0.3, 0.4) is 0 Å². The van der Waals surface area contributed by atoms with Gasteiger partial charge in [-0.3, -0.25) is 4.90 Å². The maximum absolute atomic E-state index is 5.17. The minimum Gasteiger partial charge on any atom is -0.383 e. The predicted octanol–water partition coefficient (Wildman–Crippen LogP) is 2.32. The highest BCUT2D eigenvalue weighted by molar-refractivity contribution is 14.0. The van der Waals surface area contributed by atoms with Crippen molar-refractivity contribution in [2.45, 2.75) is 59.0 Å². The number of likely N-dealkylation sites (tertiary alicyclic amines) is 1. The Balaban J connectivity index is 0.00000420. The van der Waals surface area contributed by atoms with Crippen molar-refractivity contribution in [2.75, 3.05) is 39.9 Å². The number of aryl methyl sites for hydroxylation is 1. The molecular weight excluding hydrogens is 481 g/mol. The lowest BCUT2D eigenvalue weighted by molar-refractivity contribution is 0.161. The fraction of sp³-hybridized carbons (Fsp3) is 0.850. The molecule has 1 aromatic rings. The Hall–Kier alpha value is -0.940. The molecule has 0 amide bonds. The molecule has 0 spiro atoms. The van der Waals surface area contributed by atoms with Crippen LogP contribution in [0.15, 0.2) is 4.99 Å². The first kappa shape index (κ1) is 26.1. The van der Waals surface area contributed by atoms with E-state index < -0.39 is 0 Å². The van der Waals surface area contributed by atoms with E-state index in [0.29, 0.717) is 25.1 Å². The molecule has 0 radical (unpaired) electrons. The second kappa shape index (κ2) is 14.1. The zero-order valence-corrected chi connectivity index (χ0v) is 21.1. The first-order valence-corrected chi connectivity index (χ1v) is 10.6. The van der Waals surface area contributed by atoms with E-state index in [-0.39, 0.29) is 24.0 Å². The van der Waals surface area contributed by atoms with Crippen LogP contribution in [0.2, 0.25) is 0 Å². The fourth-order valence-corrected chi connectivity index (χ4v) is 3.60. The van der Waals surface area contributed by atoms with Crippen molar-refractivity contribution in [3.63, 3.8) is 0 Å². The van der Waals surface area contributed by atoms with Crippen LogP contribution in [-0.4, -0.2) is 71.6 Å². The van der Waals surface area contributed by atoms with Crippen LogP contribution >= 0.6 is 24.0 Å². The monoisotopic (exact) mass is 521 g/mol. The van der Waals surface area contributed by atoms with Crippen LogP contribution in [0.1, 0.15) is 51.2 Å². The summed E-state index contributed by atoms with van der Waals surface area (Å²) in [5, 5.41) is 15.2. The third-order valence-corrected chi connectivity index (χ3v) is 5.52. The summed E-state index contributed by atoms with van der Waals surface area (Å²) in [6, 6.07) is 0.504. The fourth-order valence-electron chi connectivity index (χ4n) is 3.60. The van der Waals surface area contributed by atoms with Gasteiger partial charge in [0.15, 0.2) is 11.8 Å². The topological polar surface area (TPSA) is 79.6 Å². The lowest BCUT2D eigenvalue weighted by Gasteiger charge is -2.34. The number of hydrogen-bond acceptors (Lipinski definition) is 5. The quantitative estimate of drug-likeness (QED) is 0.225. The first-order chi connectivity index (χ1) is 13.5. The molecule has 29 heavy (non-hydrogen) atoms. The van der Waals surface area contributed by atoms with E-state index >= 15 is 0 Å². The smallest absolute Gasteiger partial charge is 0.191 e. The molecule has 0 aliphatic carbocycles. The molecule has 0 saturated carbocycles. The van der Waals surface area contributed by atoms with Crippen LogP contribution in [-0.2, 0) is 18.3 Å². The van der Waals surface area contributed by atoms with Gasteiger partial charge in [0.1, 0.15) is 12.4 Å². The van der Waals surface area contributed by atoms with Gasteiger partial charge in [-0.15, -0.1) is 34.2 Å². The summed E-state index contributed by atoms with van der Waals surface area (Å²) >= 11 is 0. The molecule has 1 aliphatic heterocycles. The van der Waals surface area contributed by atoms with Gasteiger partial charge >= 0.3 is 0 Å². The van der Waals surface area contributed by atoms with Crippen LogP contribution in [0, 0.1) is 12.8 Å².